The summed E-state index contributed by atoms with van der Waals surface area (Å²) >= 11 is 0. The number of hydrogen-bond acceptors (Lipinski definition) is 4. The van der Waals surface area contributed by atoms with Crippen LogP contribution in [0.2, 0.25) is 0 Å². The van der Waals surface area contributed by atoms with E-state index in [0.29, 0.717) is 6.54 Å². The third kappa shape index (κ3) is 4.45. The number of piperidine rings is 1. The van der Waals surface area contributed by atoms with Crippen molar-refractivity contribution in [2.45, 2.75) is 51.2 Å². The van der Waals surface area contributed by atoms with Crippen LogP contribution >= 0.6 is 0 Å². The van der Waals surface area contributed by atoms with Crippen molar-refractivity contribution in [3.05, 3.63) is 64.7 Å². The van der Waals surface area contributed by atoms with E-state index >= 15 is 0 Å². The van der Waals surface area contributed by atoms with Crippen molar-refractivity contribution >= 4 is 17.7 Å². The van der Waals surface area contributed by atoms with Gasteiger partial charge in [0, 0.05) is 49.6 Å². The quantitative estimate of drug-likeness (QED) is 0.723. The SMILES string of the molecule is Cc1cc2c(cc1C)OC1(C=C2)CCN(CC(O)c2ccc(NC(=O)C3CC3)cc2)CC1. The fourth-order valence-corrected chi connectivity index (χ4v) is 4.64. The highest BCUT2D eigenvalue weighted by Crippen LogP contribution is 2.38. The molecule has 2 heterocycles. The zero-order valence-corrected chi connectivity index (χ0v) is 18.9. The van der Waals surface area contributed by atoms with E-state index < -0.39 is 6.10 Å². The van der Waals surface area contributed by atoms with Crippen molar-refractivity contribution < 1.29 is 14.6 Å². The molecule has 2 N–H and O–H groups in total. The van der Waals surface area contributed by atoms with E-state index in [1.54, 1.807) is 0 Å². The van der Waals surface area contributed by atoms with Crippen LogP contribution < -0.4 is 10.1 Å². The maximum absolute atomic E-state index is 11.9. The lowest BCUT2D eigenvalue weighted by molar-refractivity contribution is -0.117. The number of benzene rings is 2. The summed E-state index contributed by atoms with van der Waals surface area (Å²) in [4.78, 5) is 14.2. The second kappa shape index (κ2) is 8.38. The van der Waals surface area contributed by atoms with Gasteiger partial charge in [0.25, 0.3) is 0 Å². The van der Waals surface area contributed by atoms with Crippen LogP contribution in [0.15, 0.2) is 42.5 Å². The Labute approximate surface area is 190 Å². The van der Waals surface area contributed by atoms with Gasteiger partial charge in [0.1, 0.15) is 11.4 Å². The van der Waals surface area contributed by atoms with Crippen LogP contribution in [0.25, 0.3) is 6.08 Å². The van der Waals surface area contributed by atoms with Crippen LogP contribution in [-0.2, 0) is 4.79 Å². The summed E-state index contributed by atoms with van der Waals surface area (Å²) < 4.78 is 6.49. The molecular formula is C27H32N2O3. The lowest BCUT2D eigenvalue weighted by atomic mass is 9.87. The predicted molar refractivity (Wildman–Crippen MR) is 127 cm³/mol. The third-order valence-corrected chi connectivity index (χ3v) is 7.15. The molecule has 0 aromatic heterocycles. The van der Waals surface area contributed by atoms with E-state index in [-0.39, 0.29) is 17.4 Å². The molecule has 168 valence electrons. The molecule has 1 saturated heterocycles. The fourth-order valence-electron chi connectivity index (χ4n) is 4.64. The van der Waals surface area contributed by atoms with Crippen LogP contribution in [-0.4, -0.2) is 41.1 Å². The molecule has 0 bridgehead atoms. The van der Waals surface area contributed by atoms with E-state index in [0.717, 1.165) is 61.3 Å². The van der Waals surface area contributed by atoms with Gasteiger partial charge in [0.2, 0.25) is 5.91 Å². The van der Waals surface area contributed by atoms with E-state index in [2.05, 4.69) is 48.3 Å². The Bertz CT molecular complexity index is 1030. The number of aliphatic hydroxyl groups excluding tert-OH is 1. The van der Waals surface area contributed by atoms with Crippen molar-refractivity contribution in [1.29, 1.82) is 0 Å². The smallest absolute Gasteiger partial charge is 0.227 e. The van der Waals surface area contributed by atoms with Crippen LogP contribution in [0.5, 0.6) is 5.75 Å². The second-order valence-electron chi connectivity index (χ2n) is 9.68. The molecular weight excluding hydrogens is 400 g/mol. The minimum atomic E-state index is -0.550. The van der Waals surface area contributed by atoms with Crippen molar-refractivity contribution in [1.82, 2.24) is 4.90 Å². The van der Waals surface area contributed by atoms with Crippen molar-refractivity contribution in [3.8, 4) is 5.75 Å². The highest BCUT2D eigenvalue weighted by atomic mass is 16.5. The molecule has 1 atom stereocenters. The molecule has 5 heteroatoms. The zero-order valence-electron chi connectivity index (χ0n) is 18.9. The molecule has 1 spiro atoms. The average molecular weight is 433 g/mol. The first-order chi connectivity index (χ1) is 15.4. The monoisotopic (exact) mass is 432 g/mol. The van der Waals surface area contributed by atoms with Crippen LogP contribution in [0.3, 0.4) is 0 Å². The first kappa shape index (κ1) is 21.2. The summed E-state index contributed by atoms with van der Waals surface area (Å²) in [6.45, 7) is 6.63. The van der Waals surface area contributed by atoms with Gasteiger partial charge in [-0.1, -0.05) is 18.2 Å². The summed E-state index contributed by atoms with van der Waals surface area (Å²) in [5.74, 6) is 1.28. The van der Waals surface area contributed by atoms with Crippen LogP contribution in [0.1, 0.15) is 54.0 Å². The number of nitrogens with one attached hydrogen (secondary N) is 1. The number of fused-ring (bicyclic) bond motifs is 1. The first-order valence-electron chi connectivity index (χ1n) is 11.7. The molecule has 3 aliphatic rings. The van der Waals surface area contributed by atoms with E-state index in [1.165, 1.54) is 11.1 Å². The van der Waals surface area contributed by atoms with Crippen molar-refractivity contribution in [2.75, 3.05) is 25.0 Å². The lowest BCUT2D eigenvalue weighted by Crippen LogP contribution is -2.48. The summed E-state index contributed by atoms with van der Waals surface area (Å²) in [7, 11) is 0. The largest absolute Gasteiger partial charge is 0.482 e. The van der Waals surface area contributed by atoms with Gasteiger partial charge in [-0.15, -0.1) is 0 Å². The average Bonchev–Trinajstić information content (AvgIpc) is 3.63. The molecule has 1 aliphatic carbocycles. The highest BCUT2D eigenvalue weighted by Gasteiger charge is 2.37. The van der Waals surface area contributed by atoms with Gasteiger partial charge >= 0.3 is 0 Å². The summed E-state index contributed by atoms with van der Waals surface area (Å²) in [5.41, 5.74) is 5.14. The minimum Gasteiger partial charge on any atom is -0.482 e. The molecule has 5 rings (SSSR count). The number of anilines is 1. The molecule has 2 aliphatic heterocycles. The lowest BCUT2D eigenvalue weighted by Gasteiger charge is -2.42. The van der Waals surface area contributed by atoms with Gasteiger partial charge in [-0.2, -0.15) is 0 Å². The number of aliphatic hydroxyl groups is 1. The van der Waals surface area contributed by atoms with Gasteiger partial charge in [-0.25, -0.2) is 0 Å². The summed E-state index contributed by atoms with van der Waals surface area (Å²) in [5, 5.41) is 13.7. The number of aryl methyl sites for hydroxylation is 2. The number of hydrogen-bond donors (Lipinski definition) is 2. The number of β-amino-alcohol motifs (C(OH)–C–C–N with tert-alkyl or cyclic N) is 1. The van der Waals surface area contributed by atoms with E-state index in [4.69, 9.17) is 4.74 Å². The van der Waals surface area contributed by atoms with Gasteiger partial charge in [-0.3, -0.25) is 4.79 Å². The van der Waals surface area contributed by atoms with Gasteiger partial charge in [0.15, 0.2) is 0 Å². The normalized spacial score (nSPS) is 20.5. The Hall–Kier alpha value is -2.63. The standard InChI is InChI=1S/C27H32N2O3/c1-18-15-22-9-10-27(32-25(22)16-19(18)2)11-13-29(14-12-27)17-24(30)20-5-7-23(8-6-20)28-26(31)21-3-4-21/h5-10,15-16,21,24,30H,3-4,11-14,17H2,1-2H3,(H,28,31). The molecule has 2 aromatic rings. The Morgan fingerprint density at radius 2 is 1.84 bits per heavy atom. The first-order valence-corrected chi connectivity index (χ1v) is 11.7. The van der Waals surface area contributed by atoms with Gasteiger partial charge in [0.05, 0.1) is 6.10 Å². The summed E-state index contributed by atoms with van der Waals surface area (Å²) in [6, 6.07) is 11.9. The molecule has 1 saturated carbocycles. The van der Waals surface area contributed by atoms with Gasteiger partial charge in [-0.05, 0) is 73.7 Å². The molecule has 32 heavy (non-hydrogen) atoms. The number of carbonyl (C=O) groups excluding carboxylic acids is 1. The topological polar surface area (TPSA) is 61.8 Å². The highest BCUT2D eigenvalue weighted by molar-refractivity contribution is 5.94. The molecule has 2 fully saturated rings. The molecule has 0 radical (unpaired) electrons. The number of likely N-dealkylation sites (tertiary alicyclic amines) is 1. The number of ether oxygens (including phenoxy) is 1. The van der Waals surface area contributed by atoms with E-state index in [1.807, 2.05) is 24.3 Å². The predicted octanol–water partition coefficient (Wildman–Crippen LogP) is 4.63. The van der Waals surface area contributed by atoms with Crippen LogP contribution in [0.4, 0.5) is 5.69 Å². The Morgan fingerprint density at radius 3 is 2.53 bits per heavy atom. The maximum atomic E-state index is 11.9. The Morgan fingerprint density at radius 1 is 1.16 bits per heavy atom. The van der Waals surface area contributed by atoms with Crippen molar-refractivity contribution in [3.63, 3.8) is 0 Å². The number of nitrogens with zero attached hydrogens (tertiary/aromatic N) is 1. The minimum absolute atomic E-state index is 0.104. The van der Waals surface area contributed by atoms with Gasteiger partial charge < -0.3 is 20.1 Å². The third-order valence-electron chi connectivity index (χ3n) is 7.15. The Balaban J connectivity index is 1.15. The number of rotatable bonds is 5. The van der Waals surface area contributed by atoms with E-state index in [9.17, 15) is 9.90 Å². The molecule has 5 nitrogen and oxygen atoms in total. The van der Waals surface area contributed by atoms with Crippen molar-refractivity contribution in [2.24, 2.45) is 5.92 Å². The van der Waals surface area contributed by atoms with Crippen LogP contribution in [0, 0.1) is 19.8 Å². The zero-order chi connectivity index (χ0) is 22.3. The Kier molecular flexibility index (Phi) is 5.56. The molecule has 1 amide bonds. The summed E-state index contributed by atoms with van der Waals surface area (Å²) in [6.07, 6.45) is 7.69. The molecule has 1 unspecified atom stereocenters. The number of carbonyl (C=O) groups is 1. The maximum Gasteiger partial charge on any atom is 0.227 e. The fraction of sp³-hybridized carbons (Fsp3) is 0.444. The number of amides is 1. The molecule has 2 aromatic carbocycles. The second-order valence-corrected chi connectivity index (χ2v) is 9.68.